The van der Waals surface area contributed by atoms with Gasteiger partial charge < -0.3 is 5.32 Å². The Balaban J connectivity index is 1.78. The van der Waals surface area contributed by atoms with Gasteiger partial charge >= 0.3 is 0 Å². The number of carbonyl (C=O) groups is 2. The van der Waals surface area contributed by atoms with E-state index in [4.69, 9.17) is 0 Å². The minimum atomic E-state index is -0.293. The summed E-state index contributed by atoms with van der Waals surface area (Å²) in [6, 6.07) is 13.8. The van der Waals surface area contributed by atoms with Gasteiger partial charge in [-0.3, -0.25) is 9.59 Å². The van der Waals surface area contributed by atoms with Crippen molar-refractivity contribution in [3.05, 3.63) is 64.7 Å². The highest BCUT2D eigenvalue weighted by Crippen LogP contribution is 2.21. The molecule has 2 N–H and O–H groups in total. The number of anilines is 1. The van der Waals surface area contributed by atoms with E-state index in [9.17, 15) is 9.59 Å². The molecule has 0 aliphatic carbocycles. The summed E-state index contributed by atoms with van der Waals surface area (Å²) in [4.78, 5) is 24.0. The van der Waals surface area contributed by atoms with E-state index >= 15 is 0 Å². The minimum absolute atomic E-state index is 0.0804. The maximum absolute atomic E-state index is 12.1. The number of rotatable bonds is 6. The number of nitrogens with zero attached hydrogens (tertiary/aromatic N) is 1. The number of hydrogen-bond acceptors (Lipinski definition) is 3. The average molecular weight is 380 g/mol. The second-order valence-electron chi connectivity index (χ2n) is 7.96. The number of hydrogen-bond donors (Lipinski definition) is 2. The highest BCUT2D eigenvalue weighted by atomic mass is 16.2. The molecule has 0 atom stereocenters. The first-order chi connectivity index (χ1) is 13.2. The number of nitrogens with one attached hydrogen (secondary N) is 2. The Labute approximate surface area is 167 Å². The lowest BCUT2D eigenvalue weighted by Crippen LogP contribution is -2.21. The Bertz CT molecular complexity index is 862. The number of carbonyl (C=O) groups excluding carboxylic acids is 2. The van der Waals surface area contributed by atoms with Gasteiger partial charge in [-0.15, -0.1) is 0 Å². The second kappa shape index (κ2) is 9.31. The molecule has 0 saturated carbocycles. The SMILES string of the molecule is Cc1cccc(NC(=O)CCC(=O)NN=Cc2ccc(C(C)(C)C)cc2)c1C. The van der Waals surface area contributed by atoms with Crippen LogP contribution in [0.3, 0.4) is 0 Å². The molecular formula is C23H29N3O2. The number of amides is 2. The summed E-state index contributed by atoms with van der Waals surface area (Å²) in [6.07, 6.45) is 1.78. The molecule has 5 nitrogen and oxygen atoms in total. The van der Waals surface area contributed by atoms with E-state index < -0.39 is 0 Å². The number of aryl methyl sites for hydroxylation is 1. The molecule has 0 bridgehead atoms. The van der Waals surface area contributed by atoms with Crippen LogP contribution < -0.4 is 10.7 Å². The molecule has 0 aliphatic rings. The van der Waals surface area contributed by atoms with Crippen LogP contribution in [0.25, 0.3) is 0 Å². The summed E-state index contributed by atoms with van der Waals surface area (Å²) in [5, 5.41) is 6.81. The molecule has 0 fully saturated rings. The largest absolute Gasteiger partial charge is 0.326 e. The van der Waals surface area contributed by atoms with Crippen molar-refractivity contribution in [3.8, 4) is 0 Å². The third kappa shape index (κ3) is 6.34. The molecule has 148 valence electrons. The number of benzene rings is 2. The van der Waals surface area contributed by atoms with Crippen LogP contribution >= 0.6 is 0 Å². The van der Waals surface area contributed by atoms with Crippen molar-refractivity contribution < 1.29 is 9.59 Å². The van der Waals surface area contributed by atoms with E-state index in [2.05, 4.69) is 48.7 Å². The van der Waals surface area contributed by atoms with Crippen molar-refractivity contribution in [1.82, 2.24) is 5.43 Å². The maximum atomic E-state index is 12.1. The summed E-state index contributed by atoms with van der Waals surface area (Å²) in [5.41, 5.74) is 7.63. The highest BCUT2D eigenvalue weighted by molar-refractivity contribution is 5.94. The molecule has 2 amide bonds. The minimum Gasteiger partial charge on any atom is -0.326 e. The fourth-order valence-corrected chi connectivity index (χ4v) is 2.63. The Morgan fingerprint density at radius 2 is 1.61 bits per heavy atom. The van der Waals surface area contributed by atoms with Gasteiger partial charge in [-0.05, 0) is 47.6 Å². The topological polar surface area (TPSA) is 70.6 Å². The molecule has 0 aromatic heterocycles. The zero-order valence-corrected chi connectivity index (χ0v) is 17.3. The predicted molar refractivity (Wildman–Crippen MR) is 115 cm³/mol. The van der Waals surface area contributed by atoms with Crippen molar-refractivity contribution in [2.45, 2.75) is 52.9 Å². The summed E-state index contributed by atoms with van der Waals surface area (Å²) in [6.45, 7) is 10.4. The number of hydrazone groups is 1. The van der Waals surface area contributed by atoms with E-state index in [0.717, 1.165) is 22.4 Å². The van der Waals surface area contributed by atoms with Gasteiger partial charge in [-0.25, -0.2) is 5.43 Å². The van der Waals surface area contributed by atoms with Gasteiger partial charge in [0.2, 0.25) is 11.8 Å². The molecule has 0 aliphatic heterocycles. The lowest BCUT2D eigenvalue weighted by molar-refractivity contribution is -0.124. The van der Waals surface area contributed by atoms with Gasteiger partial charge in [0, 0.05) is 18.5 Å². The summed E-state index contributed by atoms with van der Waals surface area (Å²) in [5.74, 6) is -0.482. The Hall–Kier alpha value is -2.95. The Morgan fingerprint density at radius 1 is 0.964 bits per heavy atom. The van der Waals surface area contributed by atoms with Crippen molar-refractivity contribution in [2.24, 2.45) is 5.10 Å². The summed E-state index contributed by atoms with van der Waals surface area (Å²) in [7, 11) is 0. The Kier molecular flexibility index (Phi) is 7.10. The van der Waals surface area contributed by atoms with Gasteiger partial charge in [0.1, 0.15) is 0 Å². The molecular weight excluding hydrogens is 350 g/mol. The van der Waals surface area contributed by atoms with Crippen molar-refractivity contribution in [1.29, 1.82) is 0 Å². The predicted octanol–water partition coefficient (Wildman–Crippen LogP) is 4.47. The highest BCUT2D eigenvalue weighted by Gasteiger charge is 2.12. The van der Waals surface area contributed by atoms with Crippen LogP contribution in [0, 0.1) is 13.8 Å². The van der Waals surface area contributed by atoms with Crippen molar-refractivity contribution >= 4 is 23.7 Å². The van der Waals surface area contributed by atoms with Gasteiger partial charge in [0.15, 0.2) is 0 Å². The zero-order valence-electron chi connectivity index (χ0n) is 17.3. The van der Waals surface area contributed by atoms with Crippen LogP contribution in [0.4, 0.5) is 5.69 Å². The second-order valence-corrected chi connectivity index (χ2v) is 7.96. The van der Waals surface area contributed by atoms with Gasteiger partial charge in [0.05, 0.1) is 6.21 Å². The molecule has 28 heavy (non-hydrogen) atoms. The van der Waals surface area contributed by atoms with E-state index in [1.807, 2.05) is 44.2 Å². The van der Waals surface area contributed by atoms with E-state index in [0.29, 0.717) is 0 Å². The quantitative estimate of drug-likeness (QED) is 0.574. The molecule has 0 unspecified atom stereocenters. The van der Waals surface area contributed by atoms with Crippen LogP contribution in [-0.4, -0.2) is 18.0 Å². The average Bonchev–Trinajstić information content (AvgIpc) is 2.63. The monoisotopic (exact) mass is 379 g/mol. The Morgan fingerprint density at radius 3 is 2.25 bits per heavy atom. The van der Waals surface area contributed by atoms with Crippen LogP contribution in [0.5, 0.6) is 0 Å². The van der Waals surface area contributed by atoms with Crippen molar-refractivity contribution in [3.63, 3.8) is 0 Å². The fourth-order valence-electron chi connectivity index (χ4n) is 2.63. The molecule has 0 spiro atoms. The molecule has 2 rings (SSSR count). The van der Waals surface area contributed by atoms with Crippen LogP contribution in [0.2, 0.25) is 0 Å². The van der Waals surface area contributed by atoms with E-state index in [1.165, 1.54) is 5.56 Å². The first kappa shape index (κ1) is 21.4. The smallest absolute Gasteiger partial charge is 0.240 e. The standard InChI is InChI=1S/C23H29N3O2/c1-16-7-6-8-20(17(16)2)25-21(27)13-14-22(28)26-24-15-18-9-11-19(12-10-18)23(3,4)5/h6-12,15H,13-14H2,1-5H3,(H,25,27)(H,26,28). The molecule has 0 heterocycles. The summed E-state index contributed by atoms with van der Waals surface area (Å²) >= 11 is 0. The summed E-state index contributed by atoms with van der Waals surface area (Å²) < 4.78 is 0. The zero-order chi connectivity index (χ0) is 20.7. The van der Waals surface area contributed by atoms with E-state index in [1.54, 1.807) is 6.21 Å². The fraction of sp³-hybridized carbons (Fsp3) is 0.348. The first-order valence-corrected chi connectivity index (χ1v) is 9.45. The molecule has 0 radical (unpaired) electrons. The third-order valence-corrected chi connectivity index (χ3v) is 4.64. The maximum Gasteiger partial charge on any atom is 0.240 e. The van der Waals surface area contributed by atoms with Crippen molar-refractivity contribution in [2.75, 3.05) is 5.32 Å². The molecule has 2 aromatic rings. The van der Waals surface area contributed by atoms with Gasteiger partial charge in [-0.1, -0.05) is 57.2 Å². The molecule has 0 saturated heterocycles. The molecule has 2 aromatic carbocycles. The van der Waals surface area contributed by atoms with Crippen LogP contribution in [-0.2, 0) is 15.0 Å². The van der Waals surface area contributed by atoms with Gasteiger partial charge in [-0.2, -0.15) is 5.10 Å². The lowest BCUT2D eigenvalue weighted by Gasteiger charge is -2.18. The third-order valence-electron chi connectivity index (χ3n) is 4.64. The normalized spacial score (nSPS) is 11.5. The molecule has 5 heteroatoms. The van der Waals surface area contributed by atoms with E-state index in [-0.39, 0.29) is 30.1 Å². The first-order valence-electron chi connectivity index (χ1n) is 9.45. The van der Waals surface area contributed by atoms with Crippen LogP contribution in [0.1, 0.15) is 55.9 Å². The van der Waals surface area contributed by atoms with Crippen LogP contribution in [0.15, 0.2) is 47.6 Å². The lowest BCUT2D eigenvalue weighted by atomic mass is 9.87. The van der Waals surface area contributed by atoms with Gasteiger partial charge in [0.25, 0.3) is 0 Å².